The van der Waals surface area contributed by atoms with Gasteiger partial charge in [-0.05, 0) is 13.3 Å². The van der Waals surface area contributed by atoms with E-state index in [1.807, 2.05) is 6.92 Å². The molecule has 72 valence electrons. The fourth-order valence-corrected chi connectivity index (χ4v) is 1.28. The molecule has 0 bridgehead atoms. The molecule has 1 aromatic heterocycles. The van der Waals surface area contributed by atoms with Gasteiger partial charge >= 0.3 is 0 Å². The van der Waals surface area contributed by atoms with Crippen molar-refractivity contribution in [2.75, 3.05) is 0 Å². The highest BCUT2D eigenvalue weighted by Gasteiger charge is 2.11. The summed E-state index contributed by atoms with van der Waals surface area (Å²) in [6.45, 7) is 5.94. The molecule has 1 heterocycles. The van der Waals surface area contributed by atoms with Crippen LogP contribution >= 0.6 is 23.2 Å². The Morgan fingerprint density at radius 3 is 2.08 bits per heavy atom. The highest BCUT2D eigenvalue weighted by molar-refractivity contribution is 6.34. The molecular weight excluding hydrogens is 207 g/mol. The van der Waals surface area contributed by atoms with E-state index in [1.165, 1.54) is 0 Å². The first-order valence-corrected chi connectivity index (χ1v) is 5.01. The van der Waals surface area contributed by atoms with Gasteiger partial charge in [0, 0.05) is 11.5 Å². The van der Waals surface area contributed by atoms with Crippen molar-refractivity contribution in [1.82, 2.24) is 9.97 Å². The second-order valence-corrected chi connectivity index (χ2v) is 3.81. The summed E-state index contributed by atoms with van der Waals surface area (Å²) >= 11 is 11.8. The van der Waals surface area contributed by atoms with Crippen LogP contribution < -0.4 is 0 Å². The van der Waals surface area contributed by atoms with E-state index in [0.29, 0.717) is 16.2 Å². The van der Waals surface area contributed by atoms with Crippen molar-refractivity contribution in [3.05, 3.63) is 21.7 Å². The molecule has 1 aromatic rings. The molecule has 4 heteroatoms. The number of rotatable bonds is 2. The lowest BCUT2D eigenvalue weighted by Crippen LogP contribution is -2.02. The molecule has 13 heavy (non-hydrogen) atoms. The maximum absolute atomic E-state index is 5.88. The van der Waals surface area contributed by atoms with Crippen LogP contribution in [-0.2, 0) is 0 Å². The zero-order valence-electron chi connectivity index (χ0n) is 7.93. The van der Waals surface area contributed by atoms with Gasteiger partial charge in [0.2, 0.25) is 0 Å². The normalized spacial score (nSPS) is 13.0. The van der Waals surface area contributed by atoms with E-state index in [2.05, 4.69) is 23.8 Å². The molecule has 1 rings (SSSR count). The van der Waals surface area contributed by atoms with Gasteiger partial charge in [-0.15, -0.1) is 0 Å². The quantitative estimate of drug-likeness (QED) is 0.710. The summed E-state index contributed by atoms with van der Waals surface area (Å²) in [7, 11) is 0. The van der Waals surface area contributed by atoms with Crippen molar-refractivity contribution in [3.63, 3.8) is 0 Å². The molecule has 0 unspecified atom stereocenters. The van der Waals surface area contributed by atoms with Crippen molar-refractivity contribution in [3.8, 4) is 0 Å². The number of hydrogen-bond acceptors (Lipinski definition) is 2. The SMILES string of the molecule is CC[C@@H](C)c1nc(Cl)c(C)c(Cl)n1. The number of hydrogen-bond donors (Lipinski definition) is 0. The number of halogens is 2. The average Bonchev–Trinajstić information content (AvgIpc) is 2.12. The van der Waals surface area contributed by atoms with Gasteiger partial charge in [-0.25, -0.2) is 9.97 Å². The molecule has 0 saturated heterocycles. The lowest BCUT2D eigenvalue weighted by atomic mass is 10.1. The molecule has 0 spiro atoms. The Bertz CT molecular complexity index is 289. The van der Waals surface area contributed by atoms with Crippen molar-refractivity contribution in [2.45, 2.75) is 33.1 Å². The van der Waals surface area contributed by atoms with Crippen molar-refractivity contribution in [2.24, 2.45) is 0 Å². The maximum atomic E-state index is 5.88. The predicted octanol–water partition coefficient (Wildman–Crippen LogP) is 3.61. The van der Waals surface area contributed by atoms with Crippen LogP contribution in [0.3, 0.4) is 0 Å². The van der Waals surface area contributed by atoms with E-state index in [9.17, 15) is 0 Å². The topological polar surface area (TPSA) is 25.8 Å². The number of aromatic nitrogens is 2. The third kappa shape index (κ3) is 2.32. The molecule has 1 atom stereocenters. The zero-order valence-corrected chi connectivity index (χ0v) is 9.45. The summed E-state index contributed by atoms with van der Waals surface area (Å²) in [4.78, 5) is 8.35. The third-order valence-corrected chi connectivity index (χ3v) is 2.83. The number of nitrogens with zero attached hydrogens (tertiary/aromatic N) is 2. The molecule has 2 nitrogen and oxygen atoms in total. The van der Waals surface area contributed by atoms with Crippen LogP contribution in [0.2, 0.25) is 10.3 Å². The van der Waals surface area contributed by atoms with E-state index >= 15 is 0 Å². The van der Waals surface area contributed by atoms with Gasteiger partial charge < -0.3 is 0 Å². The molecule has 0 amide bonds. The summed E-state index contributed by atoms with van der Waals surface area (Å²) in [6.07, 6.45) is 0.982. The molecule has 0 aliphatic rings. The van der Waals surface area contributed by atoms with Gasteiger partial charge in [0.15, 0.2) is 0 Å². The summed E-state index contributed by atoms with van der Waals surface area (Å²) in [5.74, 6) is 1.03. The monoisotopic (exact) mass is 218 g/mol. The molecule has 0 aliphatic carbocycles. The Labute approximate surface area is 88.3 Å². The Morgan fingerprint density at radius 1 is 1.23 bits per heavy atom. The fraction of sp³-hybridized carbons (Fsp3) is 0.556. The molecule has 0 radical (unpaired) electrons. The first kappa shape index (κ1) is 10.7. The van der Waals surface area contributed by atoms with Crippen LogP contribution in [0.5, 0.6) is 0 Å². The minimum Gasteiger partial charge on any atom is -0.221 e. The maximum Gasteiger partial charge on any atom is 0.137 e. The summed E-state index contributed by atoms with van der Waals surface area (Å²) < 4.78 is 0. The molecule has 0 fully saturated rings. The standard InChI is InChI=1S/C9H12Cl2N2/c1-4-5(2)9-12-7(10)6(3)8(11)13-9/h5H,4H2,1-3H3/t5-/m1/s1. The van der Waals surface area contributed by atoms with Gasteiger partial charge in [-0.2, -0.15) is 0 Å². The second kappa shape index (κ2) is 4.25. The highest BCUT2D eigenvalue weighted by atomic mass is 35.5. The molecular formula is C9H12Cl2N2. The van der Waals surface area contributed by atoms with E-state index in [1.54, 1.807) is 0 Å². The summed E-state index contributed by atoms with van der Waals surface area (Å²) in [5, 5.41) is 0.908. The molecule has 0 saturated carbocycles. The zero-order chi connectivity index (χ0) is 10.0. The van der Waals surface area contributed by atoms with Crippen LogP contribution in [0.15, 0.2) is 0 Å². The summed E-state index contributed by atoms with van der Waals surface area (Å²) in [6, 6.07) is 0. The van der Waals surface area contributed by atoms with Gasteiger partial charge in [0.05, 0.1) is 0 Å². The van der Waals surface area contributed by atoms with E-state index < -0.39 is 0 Å². The van der Waals surface area contributed by atoms with Crippen LogP contribution in [0.25, 0.3) is 0 Å². The fourth-order valence-electron chi connectivity index (χ4n) is 0.882. The lowest BCUT2D eigenvalue weighted by molar-refractivity contribution is 0.677. The minimum atomic E-state index is 0.301. The van der Waals surface area contributed by atoms with Crippen molar-refractivity contribution < 1.29 is 0 Å². The average molecular weight is 219 g/mol. The molecule has 0 aromatic carbocycles. The van der Waals surface area contributed by atoms with Gasteiger partial charge in [0.1, 0.15) is 16.1 Å². The van der Waals surface area contributed by atoms with Gasteiger partial charge in [-0.1, -0.05) is 37.0 Å². The minimum absolute atomic E-state index is 0.301. The van der Waals surface area contributed by atoms with E-state index in [0.717, 1.165) is 17.8 Å². The smallest absolute Gasteiger partial charge is 0.137 e. The first-order valence-electron chi connectivity index (χ1n) is 4.25. The van der Waals surface area contributed by atoms with Crippen molar-refractivity contribution >= 4 is 23.2 Å². The van der Waals surface area contributed by atoms with Crippen molar-refractivity contribution in [1.29, 1.82) is 0 Å². The van der Waals surface area contributed by atoms with Gasteiger partial charge in [0.25, 0.3) is 0 Å². The third-order valence-electron chi connectivity index (χ3n) is 2.10. The van der Waals surface area contributed by atoms with Gasteiger partial charge in [-0.3, -0.25) is 0 Å². The summed E-state index contributed by atoms with van der Waals surface area (Å²) in [5.41, 5.74) is 0.746. The second-order valence-electron chi connectivity index (χ2n) is 3.10. The van der Waals surface area contributed by atoms with Crippen LogP contribution in [0, 0.1) is 6.92 Å². The Kier molecular flexibility index (Phi) is 3.51. The lowest BCUT2D eigenvalue weighted by Gasteiger charge is -2.08. The van der Waals surface area contributed by atoms with Crippen LogP contribution in [0.4, 0.5) is 0 Å². The van der Waals surface area contributed by atoms with Crippen LogP contribution in [0.1, 0.15) is 37.6 Å². The Morgan fingerprint density at radius 2 is 1.69 bits per heavy atom. The Hall–Kier alpha value is -0.340. The molecule has 0 N–H and O–H groups in total. The largest absolute Gasteiger partial charge is 0.221 e. The van der Waals surface area contributed by atoms with E-state index in [-0.39, 0.29) is 0 Å². The molecule has 0 aliphatic heterocycles. The highest BCUT2D eigenvalue weighted by Crippen LogP contribution is 2.23. The Balaban J connectivity index is 3.13. The first-order chi connectivity index (χ1) is 6.06. The van der Waals surface area contributed by atoms with E-state index in [4.69, 9.17) is 23.2 Å². The van der Waals surface area contributed by atoms with Crippen LogP contribution in [-0.4, -0.2) is 9.97 Å². The predicted molar refractivity (Wildman–Crippen MR) is 55.5 cm³/mol.